The van der Waals surface area contributed by atoms with Gasteiger partial charge in [-0.2, -0.15) is 0 Å². The number of hydrogen-bond donors (Lipinski definition) is 0. The third-order valence-electron chi connectivity index (χ3n) is 15.6. The SMILES string of the molecule is CC1(C)CC(C)(C)c2cc3c(cc21)Oc1cc([C@]24CC5C6CC7C[C@@H]5C(C2)[C@@H](C7)C6C4)nc2c1B3c1ccccc1N2c1ccccc1. The van der Waals surface area contributed by atoms with Gasteiger partial charge in [0, 0.05) is 28.3 Å². The minimum Gasteiger partial charge on any atom is -0.458 e. The highest BCUT2D eigenvalue weighted by atomic mass is 16.5. The number of pyridine rings is 1. The number of ether oxygens (including phenoxy) is 1. The van der Waals surface area contributed by atoms with Gasteiger partial charge in [-0.15, -0.1) is 0 Å². The fourth-order valence-corrected chi connectivity index (χ4v) is 14.3. The minimum atomic E-state index is 0.101. The molecule has 0 unspecified atom stereocenters. The number of nitrogens with zero attached hydrogens (tertiary/aromatic N) is 2. The first kappa shape index (κ1) is 27.3. The fourth-order valence-electron chi connectivity index (χ4n) is 14.3. The van der Waals surface area contributed by atoms with Gasteiger partial charge in [0.15, 0.2) is 0 Å². The van der Waals surface area contributed by atoms with Gasteiger partial charge in [-0.05, 0) is 144 Å². The maximum Gasteiger partial charge on any atom is 0.258 e. The molecule has 3 aromatic carbocycles. The van der Waals surface area contributed by atoms with E-state index in [1.165, 1.54) is 83.1 Å². The van der Waals surface area contributed by atoms with Crippen molar-refractivity contribution in [3.8, 4) is 11.5 Å². The molecule has 7 saturated carbocycles. The van der Waals surface area contributed by atoms with Crippen molar-refractivity contribution >= 4 is 40.3 Å². The predicted octanol–water partition coefficient (Wildman–Crippen LogP) is 8.41. The Morgan fingerprint density at radius 2 is 1.31 bits per heavy atom. The minimum absolute atomic E-state index is 0.101. The molecule has 7 fully saturated rings. The molecular formula is C44H45BN2O. The molecule has 10 aliphatic rings. The molecule has 0 amide bonds. The number of hydrogen-bond acceptors (Lipinski definition) is 3. The van der Waals surface area contributed by atoms with Gasteiger partial charge in [-0.25, -0.2) is 4.98 Å². The van der Waals surface area contributed by atoms with Crippen molar-refractivity contribution in [2.45, 2.75) is 88.9 Å². The van der Waals surface area contributed by atoms with Crippen molar-refractivity contribution in [3.05, 3.63) is 89.6 Å². The lowest BCUT2D eigenvalue weighted by molar-refractivity contribution is -0.213. The van der Waals surface area contributed by atoms with Crippen molar-refractivity contribution in [3.63, 3.8) is 0 Å². The van der Waals surface area contributed by atoms with Crippen LogP contribution in [0.1, 0.15) is 89.5 Å². The molecule has 0 spiro atoms. The van der Waals surface area contributed by atoms with Gasteiger partial charge in [0.2, 0.25) is 0 Å². The Labute approximate surface area is 285 Å². The van der Waals surface area contributed by atoms with Gasteiger partial charge in [0.1, 0.15) is 17.3 Å². The number of rotatable bonds is 2. The van der Waals surface area contributed by atoms with Crippen molar-refractivity contribution in [1.82, 2.24) is 4.98 Å². The Balaban J connectivity index is 1.10. The van der Waals surface area contributed by atoms with Crippen molar-refractivity contribution < 1.29 is 4.74 Å². The average molecular weight is 629 g/mol. The molecule has 0 atom stereocenters. The summed E-state index contributed by atoms with van der Waals surface area (Å²) in [6.07, 6.45) is 9.75. The normalized spacial score (nSPS) is 35.6. The Morgan fingerprint density at radius 1 is 0.688 bits per heavy atom. The Hall–Kier alpha value is -3.53. The van der Waals surface area contributed by atoms with E-state index in [2.05, 4.69) is 105 Å². The lowest BCUT2D eigenvalue weighted by atomic mass is 9.32. The third-order valence-corrected chi connectivity index (χ3v) is 15.6. The molecule has 48 heavy (non-hydrogen) atoms. The van der Waals surface area contributed by atoms with Crippen LogP contribution in [0.15, 0.2) is 72.8 Å². The maximum absolute atomic E-state index is 7.25. The summed E-state index contributed by atoms with van der Waals surface area (Å²) in [4.78, 5) is 8.39. The number of anilines is 3. The third kappa shape index (κ3) is 3.23. The summed E-state index contributed by atoms with van der Waals surface area (Å²) in [5.74, 6) is 9.96. The molecule has 8 bridgehead atoms. The zero-order valence-electron chi connectivity index (χ0n) is 28.8. The van der Waals surface area contributed by atoms with Gasteiger partial charge in [0.25, 0.3) is 6.71 Å². The van der Waals surface area contributed by atoms with Crippen LogP contribution in [0, 0.1) is 41.4 Å². The molecule has 0 radical (unpaired) electrons. The molecule has 1 aromatic heterocycles. The van der Waals surface area contributed by atoms with E-state index in [0.717, 1.165) is 65.2 Å². The summed E-state index contributed by atoms with van der Waals surface area (Å²) in [5, 5.41) is 0. The molecule has 3 nitrogen and oxygen atoms in total. The van der Waals surface area contributed by atoms with Crippen LogP contribution in [0.5, 0.6) is 11.5 Å². The molecule has 0 N–H and O–H groups in total. The molecule has 2 aliphatic heterocycles. The van der Waals surface area contributed by atoms with Crippen LogP contribution in [-0.2, 0) is 16.2 Å². The second-order valence-electron chi connectivity index (χ2n) is 18.8. The van der Waals surface area contributed by atoms with Gasteiger partial charge < -0.3 is 4.74 Å². The van der Waals surface area contributed by atoms with Gasteiger partial charge in [0.05, 0.1) is 5.69 Å². The fraction of sp³-hybridized carbons (Fsp3) is 0.477. The van der Waals surface area contributed by atoms with E-state index in [0.29, 0.717) is 0 Å². The van der Waals surface area contributed by atoms with Gasteiger partial charge in [-0.3, -0.25) is 4.90 Å². The zero-order valence-corrected chi connectivity index (χ0v) is 28.8. The first-order chi connectivity index (χ1) is 23.2. The van der Waals surface area contributed by atoms with Crippen LogP contribution in [0.2, 0.25) is 0 Å². The van der Waals surface area contributed by atoms with Gasteiger partial charge in [-0.1, -0.05) is 70.2 Å². The topological polar surface area (TPSA) is 25.4 Å². The standard InChI is InChI=1S/C44H45BN2O/c1-42(2)23-43(3,4)33-18-37-35(17-32(33)42)45-34-12-8-9-13-36(34)47(25-10-6-5-7-11-25)41-40(45)38(48-37)19-39(46-41)44-20-29-26-14-24-15-27(29)31(22-44)28(16-24)30(26)21-44/h5-13,17-19,24,26-31H,14-16,20-23H2,1-4H3/t24?,26-,27-,28?,29?,30?,31?,44-/m1/s1. The van der Waals surface area contributed by atoms with E-state index in [9.17, 15) is 0 Å². The monoisotopic (exact) mass is 628 g/mol. The summed E-state index contributed by atoms with van der Waals surface area (Å²) < 4.78 is 7.25. The molecule has 14 rings (SSSR count). The van der Waals surface area contributed by atoms with Crippen LogP contribution >= 0.6 is 0 Å². The van der Waals surface area contributed by atoms with E-state index >= 15 is 0 Å². The lowest BCUT2D eigenvalue weighted by Gasteiger charge is -2.72. The first-order valence-corrected chi connectivity index (χ1v) is 19.1. The maximum atomic E-state index is 7.25. The molecule has 240 valence electrons. The Morgan fingerprint density at radius 3 is 2.00 bits per heavy atom. The van der Waals surface area contributed by atoms with E-state index in [1.807, 2.05) is 0 Å². The predicted molar refractivity (Wildman–Crippen MR) is 195 cm³/mol. The van der Waals surface area contributed by atoms with Crippen LogP contribution < -0.4 is 26.0 Å². The van der Waals surface area contributed by atoms with Crippen LogP contribution in [0.25, 0.3) is 0 Å². The summed E-state index contributed by atoms with van der Waals surface area (Å²) >= 11 is 0. The molecule has 0 saturated heterocycles. The van der Waals surface area contributed by atoms with E-state index in [1.54, 1.807) is 0 Å². The second-order valence-corrected chi connectivity index (χ2v) is 18.8. The van der Waals surface area contributed by atoms with E-state index in [4.69, 9.17) is 9.72 Å². The number of benzene rings is 3. The molecular weight excluding hydrogens is 583 g/mol. The smallest absolute Gasteiger partial charge is 0.258 e. The van der Waals surface area contributed by atoms with Crippen LogP contribution in [-0.4, -0.2) is 11.7 Å². The largest absolute Gasteiger partial charge is 0.458 e. The van der Waals surface area contributed by atoms with Crippen LogP contribution in [0.3, 0.4) is 0 Å². The lowest BCUT2D eigenvalue weighted by Crippen LogP contribution is -2.66. The molecule has 4 aromatic rings. The highest BCUT2D eigenvalue weighted by Gasteiger charge is 2.68. The van der Waals surface area contributed by atoms with Crippen molar-refractivity contribution in [1.29, 1.82) is 0 Å². The number of aromatic nitrogens is 1. The average Bonchev–Trinajstić information content (AvgIpc) is 3.27. The first-order valence-electron chi connectivity index (χ1n) is 19.1. The Kier molecular flexibility index (Phi) is 4.90. The zero-order chi connectivity index (χ0) is 31.9. The summed E-state index contributed by atoms with van der Waals surface area (Å²) in [7, 11) is 0. The highest BCUT2D eigenvalue weighted by molar-refractivity contribution is 6.99. The second kappa shape index (κ2) is 8.60. The Bertz CT molecular complexity index is 2020. The highest BCUT2D eigenvalue weighted by Crippen LogP contribution is 2.74. The van der Waals surface area contributed by atoms with Crippen LogP contribution in [0.4, 0.5) is 17.2 Å². The summed E-state index contributed by atoms with van der Waals surface area (Å²) in [6.45, 7) is 9.80. The molecule has 8 aliphatic carbocycles. The van der Waals surface area contributed by atoms with Gasteiger partial charge >= 0.3 is 0 Å². The molecule has 3 heterocycles. The van der Waals surface area contributed by atoms with Crippen molar-refractivity contribution in [2.75, 3.05) is 4.90 Å². The number of para-hydroxylation sites is 2. The number of fused-ring (bicyclic) bond motifs is 5. The van der Waals surface area contributed by atoms with Crippen molar-refractivity contribution in [2.24, 2.45) is 41.4 Å². The molecule has 4 heteroatoms. The van der Waals surface area contributed by atoms with E-state index in [-0.39, 0.29) is 23.0 Å². The van der Waals surface area contributed by atoms with E-state index < -0.39 is 0 Å². The summed E-state index contributed by atoms with van der Waals surface area (Å²) in [6, 6.07) is 27.5. The summed E-state index contributed by atoms with van der Waals surface area (Å²) in [5.41, 5.74) is 11.1. The quantitative estimate of drug-likeness (QED) is 0.180.